The third-order valence-corrected chi connectivity index (χ3v) is 7.53. The van der Waals surface area contributed by atoms with Crippen molar-refractivity contribution in [3.05, 3.63) is 69.8 Å². The van der Waals surface area contributed by atoms with Crippen molar-refractivity contribution in [2.45, 2.75) is 57.3 Å². The van der Waals surface area contributed by atoms with E-state index >= 15 is 0 Å². The fourth-order valence-electron chi connectivity index (χ4n) is 5.10. The van der Waals surface area contributed by atoms with Crippen molar-refractivity contribution in [1.82, 2.24) is 4.90 Å². The number of hydrogen-bond donors (Lipinski definition) is 2. The number of rotatable bonds is 6. The number of likely N-dealkylation sites (tertiary alicyclic amines) is 1. The highest BCUT2D eigenvalue weighted by Gasteiger charge is 2.29. The maximum Gasteiger partial charge on any atom is 0.313 e. The molecule has 1 amide bonds. The summed E-state index contributed by atoms with van der Waals surface area (Å²) in [6.45, 7) is 3.23. The number of carbonyl (C=O) groups excluding carboxylic acids is 2. The summed E-state index contributed by atoms with van der Waals surface area (Å²) in [5.74, 6) is 0.0914. The summed E-state index contributed by atoms with van der Waals surface area (Å²) in [4.78, 5) is 31.2. The van der Waals surface area contributed by atoms with Crippen LogP contribution in [0.5, 0.6) is 0 Å². The van der Waals surface area contributed by atoms with Crippen LogP contribution in [0.1, 0.15) is 90.0 Å². The van der Waals surface area contributed by atoms with Crippen molar-refractivity contribution < 1.29 is 15.8 Å². The molecule has 194 valence electrons. The average Bonchev–Trinajstić information content (AvgIpc) is 2.87. The predicted octanol–water partition coefficient (Wildman–Crippen LogP) is 4.65. The molecule has 1 saturated heterocycles. The minimum atomic E-state index is -0.516. The molecule has 2 aliphatic rings. The zero-order chi connectivity index (χ0) is 26.5. The smallest absolute Gasteiger partial charge is 0.313 e. The number of carbonyl (C=O) groups is 2. The Kier molecular flexibility index (Phi) is 8.02. The number of esters is 1. The van der Waals surface area contributed by atoms with Crippen molar-refractivity contribution in [1.29, 1.82) is 10.7 Å². The van der Waals surface area contributed by atoms with Crippen molar-refractivity contribution in [2.24, 2.45) is 10.7 Å². The van der Waals surface area contributed by atoms with Gasteiger partial charge in [0.25, 0.3) is 5.91 Å². The maximum absolute atomic E-state index is 13.6. The number of nitrogens with one attached hydrogen (secondary N) is 1. The molecule has 8 heteroatoms. The molecule has 0 spiro atoms. The lowest BCUT2D eigenvalue weighted by molar-refractivity contribution is -0.139. The van der Waals surface area contributed by atoms with Gasteiger partial charge in [-0.2, -0.15) is 5.26 Å². The molecule has 1 aliphatic carbocycles. The summed E-state index contributed by atoms with van der Waals surface area (Å²) in [5.41, 5.74) is 10.8. The standard InChI is InChI=1S/C29H33N5O3.H2/c1-18-14-24(22-4-3-5-22)25(28(32)33-26(31)16-27(35)37-2)15-23(18)29(36)34-12-10-21(11-13-34)20-8-6-19(17-30)7-9-20;/h6-9,14-15,21-22H,3-5,10-13,16H2,1-2H3,(H3,31,32,33);1H. The second-order valence-electron chi connectivity index (χ2n) is 9.89. The Morgan fingerprint density at radius 2 is 1.81 bits per heavy atom. The molecule has 0 atom stereocenters. The number of aryl methyl sites for hydroxylation is 1. The lowest BCUT2D eigenvalue weighted by atomic mass is 9.77. The van der Waals surface area contributed by atoms with Gasteiger partial charge in [-0.3, -0.25) is 15.0 Å². The Balaban J connectivity index is 0.00000400. The largest absolute Gasteiger partial charge is 0.469 e. The molecule has 0 aromatic heterocycles. The summed E-state index contributed by atoms with van der Waals surface area (Å²) < 4.78 is 4.64. The van der Waals surface area contributed by atoms with Crippen LogP contribution in [0.3, 0.4) is 0 Å². The molecule has 2 fully saturated rings. The van der Waals surface area contributed by atoms with Crippen molar-refractivity contribution in [3.63, 3.8) is 0 Å². The highest BCUT2D eigenvalue weighted by Crippen LogP contribution is 2.39. The monoisotopic (exact) mass is 501 g/mol. The summed E-state index contributed by atoms with van der Waals surface area (Å²) in [5, 5.41) is 17.7. The summed E-state index contributed by atoms with van der Waals surface area (Å²) in [6, 6.07) is 13.7. The first-order chi connectivity index (χ1) is 17.8. The van der Waals surface area contributed by atoms with Crippen LogP contribution in [0.15, 0.2) is 41.4 Å². The molecule has 1 heterocycles. The van der Waals surface area contributed by atoms with E-state index in [0.29, 0.717) is 41.6 Å². The highest BCUT2D eigenvalue weighted by molar-refractivity contribution is 6.10. The minimum Gasteiger partial charge on any atom is -0.469 e. The van der Waals surface area contributed by atoms with Crippen LogP contribution < -0.4 is 5.73 Å². The first-order valence-electron chi connectivity index (χ1n) is 12.7. The quantitative estimate of drug-likeness (QED) is 0.338. The molecule has 2 aromatic rings. The van der Waals surface area contributed by atoms with E-state index < -0.39 is 5.97 Å². The van der Waals surface area contributed by atoms with E-state index in [9.17, 15) is 9.59 Å². The van der Waals surface area contributed by atoms with Gasteiger partial charge in [0.15, 0.2) is 5.84 Å². The Bertz CT molecular complexity index is 1270. The van der Waals surface area contributed by atoms with Crippen LogP contribution in [0.4, 0.5) is 0 Å². The number of benzene rings is 2. The van der Waals surface area contributed by atoms with E-state index in [1.54, 1.807) is 6.07 Å². The van der Waals surface area contributed by atoms with Gasteiger partial charge in [-0.15, -0.1) is 0 Å². The average molecular weight is 502 g/mol. The second kappa shape index (κ2) is 11.4. The van der Waals surface area contributed by atoms with Crippen molar-refractivity contribution >= 4 is 23.5 Å². The third kappa shape index (κ3) is 5.88. The molecular weight excluding hydrogens is 466 g/mol. The molecule has 4 rings (SSSR count). The van der Waals surface area contributed by atoms with Gasteiger partial charge in [0.1, 0.15) is 12.3 Å². The Hall–Kier alpha value is -3.99. The Morgan fingerprint density at radius 3 is 2.38 bits per heavy atom. The number of nitrogens with two attached hydrogens (primary N) is 1. The normalized spacial score (nSPS) is 16.6. The topological polar surface area (TPSA) is 133 Å². The number of ether oxygens (including phenoxy) is 1. The zero-order valence-corrected chi connectivity index (χ0v) is 21.4. The molecular formula is C29H35N5O3. The van der Waals surface area contributed by atoms with Gasteiger partial charge in [-0.1, -0.05) is 24.6 Å². The molecule has 37 heavy (non-hydrogen) atoms. The molecule has 1 saturated carbocycles. The van der Waals surface area contributed by atoms with Gasteiger partial charge in [0.2, 0.25) is 0 Å². The van der Waals surface area contributed by atoms with Gasteiger partial charge < -0.3 is 15.4 Å². The van der Waals surface area contributed by atoms with Crippen LogP contribution >= 0.6 is 0 Å². The summed E-state index contributed by atoms with van der Waals surface area (Å²) in [7, 11) is 1.28. The van der Waals surface area contributed by atoms with Crippen LogP contribution in [-0.4, -0.2) is 48.6 Å². The number of amidine groups is 2. The molecule has 0 bridgehead atoms. The van der Waals surface area contributed by atoms with Crippen LogP contribution in [0.2, 0.25) is 0 Å². The van der Waals surface area contributed by atoms with E-state index in [2.05, 4.69) is 15.8 Å². The number of aliphatic imine (C=N–C) groups is 1. The predicted molar refractivity (Wildman–Crippen MR) is 144 cm³/mol. The molecule has 8 nitrogen and oxygen atoms in total. The molecule has 0 radical (unpaired) electrons. The number of nitrogens with zero attached hydrogens (tertiary/aromatic N) is 3. The van der Waals surface area contributed by atoms with Gasteiger partial charge in [-0.05, 0) is 79.3 Å². The van der Waals surface area contributed by atoms with Crippen molar-refractivity contribution in [3.8, 4) is 6.07 Å². The van der Waals surface area contributed by atoms with E-state index in [0.717, 1.165) is 43.2 Å². The summed E-state index contributed by atoms with van der Waals surface area (Å²) in [6.07, 6.45) is 4.73. The Morgan fingerprint density at radius 1 is 1.14 bits per heavy atom. The highest BCUT2D eigenvalue weighted by atomic mass is 16.5. The zero-order valence-electron chi connectivity index (χ0n) is 21.4. The number of hydrogen-bond acceptors (Lipinski definition) is 5. The molecule has 2 aromatic carbocycles. The number of methoxy groups -OCH3 is 1. The number of piperidine rings is 1. The second-order valence-corrected chi connectivity index (χ2v) is 9.89. The lowest BCUT2D eigenvalue weighted by Crippen LogP contribution is -2.38. The maximum atomic E-state index is 13.6. The van der Waals surface area contributed by atoms with Gasteiger partial charge in [-0.25, -0.2) is 4.99 Å². The Labute approximate surface area is 219 Å². The first kappa shape index (κ1) is 26.1. The minimum absolute atomic E-state index is 0. The van der Waals surface area contributed by atoms with Crippen LogP contribution in [0, 0.1) is 23.7 Å². The van der Waals surface area contributed by atoms with Crippen molar-refractivity contribution in [2.75, 3.05) is 20.2 Å². The molecule has 0 unspecified atom stereocenters. The fraction of sp³-hybridized carbons (Fsp3) is 0.414. The molecule has 3 N–H and O–H groups in total. The summed E-state index contributed by atoms with van der Waals surface area (Å²) >= 11 is 0. The SMILES string of the molecule is COC(=O)CC(N)=NC(=N)c1cc(C(=O)N2CCC(c3ccc(C#N)cc3)CC2)c(C)cc1C1CCC1.[HH]. The third-order valence-electron chi connectivity index (χ3n) is 7.53. The molecule has 1 aliphatic heterocycles. The number of nitriles is 1. The lowest BCUT2D eigenvalue weighted by Gasteiger charge is -2.33. The fourth-order valence-corrected chi connectivity index (χ4v) is 5.10. The number of amides is 1. The van der Waals surface area contributed by atoms with E-state index in [1.807, 2.05) is 42.2 Å². The van der Waals surface area contributed by atoms with E-state index in [4.69, 9.17) is 16.4 Å². The van der Waals surface area contributed by atoms with Gasteiger partial charge in [0.05, 0.1) is 18.7 Å². The van der Waals surface area contributed by atoms with E-state index in [-0.39, 0.29) is 25.4 Å². The van der Waals surface area contributed by atoms with Crippen LogP contribution in [-0.2, 0) is 9.53 Å². The van der Waals surface area contributed by atoms with E-state index in [1.165, 1.54) is 12.7 Å². The first-order valence-corrected chi connectivity index (χ1v) is 12.7. The van der Waals surface area contributed by atoms with Gasteiger partial charge in [0, 0.05) is 25.6 Å². The van der Waals surface area contributed by atoms with Gasteiger partial charge >= 0.3 is 5.97 Å². The van der Waals surface area contributed by atoms with Crippen LogP contribution in [0.25, 0.3) is 0 Å².